The van der Waals surface area contributed by atoms with E-state index in [9.17, 15) is 4.79 Å². The van der Waals surface area contributed by atoms with Gasteiger partial charge in [0.1, 0.15) is 11.5 Å². The number of methoxy groups -OCH3 is 2. The van der Waals surface area contributed by atoms with E-state index in [0.29, 0.717) is 30.1 Å². The molecule has 0 spiro atoms. The summed E-state index contributed by atoms with van der Waals surface area (Å²) in [7, 11) is 3.06. The summed E-state index contributed by atoms with van der Waals surface area (Å²) in [6, 6.07) is 0. The van der Waals surface area contributed by atoms with Crippen molar-refractivity contribution in [3.63, 3.8) is 0 Å². The van der Waals surface area contributed by atoms with Crippen LogP contribution in [0.3, 0.4) is 0 Å². The van der Waals surface area contributed by atoms with Crippen LogP contribution in [-0.2, 0) is 19.0 Å². The van der Waals surface area contributed by atoms with Crippen molar-refractivity contribution in [2.24, 2.45) is 0 Å². The standard InChI is InChI=1S/C12H16O4/c1-4-16-10-6-5-9(8-13)12(15-3)11(7-10)14-2/h5-6,8H,4,7H2,1-3H3. The van der Waals surface area contributed by atoms with Gasteiger partial charge in [-0.15, -0.1) is 0 Å². The zero-order valence-corrected chi connectivity index (χ0v) is 9.78. The fourth-order valence-corrected chi connectivity index (χ4v) is 1.49. The Bertz CT molecular complexity index is 350. The summed E-state index contributed by atoms with van der Waals surface area (Å²) in [5, 5.41) is 0. The van der Waals surface area contributed by atoms with Gasteiger partial charge in [0, 0.05) is 0 Å². The van der Waals surface area contributed by atoms with Crippen molar-refractivity contribution >= 4 is 6.29 Å². The highest BCUT2D eigenvalue weighted by atomic mass is 16.5. The molecule has 4 heteroatoms. The van der Waals surface area contributed by atoms with Crippen molar-refractivity contribution in [1.82, 2.24) is 0 Å². The number of aldehydes is 1. The molecule has 0 bridgehead atoms. The van der Waals surface area contributed by atoms with Gasteiger partial charge < -0.3 is 14.2 Å². The molecule has 1 aliphatic carbocycles. The van der Waals surface area contributed by atoms with E-state index in [1.54, 1.807) is 19.3 Å². The van der Waals surface area contributed by atoms with Gasteiger partial charge in [-0.05, 0) is 19.1 Å². The second-order valence-corrected chi connectivity index (χ2v) is 3.14. The molecule has 0 amide bonds. The number of hydrogen-bond donors (Lipinski definition) is 0. The highest BCUT2D eigenvalue weighted by Gasteiger charge is 2.17. The monoisotopic (exact) mass is 224 g/mol. The molecule has 0 aromatic carbocycles. The first-order chi connectivity index (χ1) is 7.76. The van der Waals surface area contributed by atoms with Gasteiger partial charge in [-0.1, -0.05) is 0 Å². The lowest BCUT2D eigenvalue weighted by Crippen LogP contribution is -2.02. The smallest absolute Gasteiger partial charge is 0.167 e. The summed E-state index contributed by atoms with van der Waals surface area (Å²) < 4.78 is 15.8. The summed E-state index contributed by atoms with van der Waals surface area (Å²) in [6.45, 7) is 2.49. The van der Waals surface area contributed by atoms with E-state index in [1.807, 2.05) is 6.92 Å². The van der Waals surface area contributed by atoms with Crippen LogP contribution in [0.2, 0.25) is 0 Å². The molecule has 0 aromatic heterocycles. The molecule has 0 atom stereocenters. The van der Waals surface area contributed by atoms with Gasteiger partial charge in [0.15, 0.2) is 12.0 Å². The van der Waals surface area contributed by atoms with Crippen LogP contribution >= 0.6 is 0 Å². The molecule has 0 heterocycles. The minimum Gasteiger partial charge on any atom is -0.498 e. The first-order valence-corrected chi connectivity index (χ1v) is 5.07. The van der Waals surface area contributed by atoms with Crippen molar-refractivity contribution in [2.75, 3.05) is 20.8 Å². The number of rotatable bonds is 5. The fourth-order valence-electron chi connectivity index (χ4n) is 1.49. The van der Waals surface area contributed by atoms with Gasteiger partial charge in [0.05, 0.1) is 32.8 Å². The van der Waals surface area contributed by atoms with Crippen LogP contribution in [0, 0.1) is 0 Å². The summed E-state index contributed by atoms with van der Waals surface area (Å²) in [6.07, 6.45) is 4.66. The maximum atomic E-state index is 10.9. The van der Waals surface area contributed by atoms with E-state index in [4.69, 9.17) is 14.2 Å². The molecule has 0 aliphatic heterocycles. The van der Waals surface area contributed by atoms with Gasteiger partial charge >= 0.3 is 0 Å². The highest BCUT2D eigenvalue weighted by Crippen LogP contribution is 2.25. The number of carbonyl (C=O) groups excluding carboxylic acids is 1. The van der Waals surface area contributed by atoms with Crippen LogP contribution in [0.5, 0.6) is 0 Å². The molecule has 88 valence electrons. The lowest BCUT2D eigenvalue weighted by Gasteiger charge is -2.12. The van der Waals surface area contributed by atoms with Crippen LogP contribution in [0.1, 0.15) is 13.3 Å². The quantitative estimate of drug-likeness (QED) is 0.669. The minimum absolute atomic E-state index is 0.453. The van der Waals surface area contributed by atoms with Crippen LogP contribution < -0.4 is 0 Å². The molecule has 0 fully saturated rings. The van der Waals surface area contributed by atoms with Gasteiger partial charge in [0.25, 0.3) is 0 Å². The predicted octanol–water partition coefficient (Wildman–Crippen LogP) is 1.94. The SMILES string of the molecule is CCOC1=CC=C(C=O)C(OC)=C(OC)C1. The summed E-state index contributed by atoms with van der Waals surface area (Å²) in [4.78, 5) is 10.9. The molecular formula is C12H16O4. The summed E-state index contributed by atoms with van der Waals surface area (Å²) in [5.74, 6) is 1.81. The predicted molar refractivity (Wildman–Crippen MR) is 59.5 cm³/mol. The van der Waals surface area contributed by atoms with Gasteiger partial charge in [-0.25, -0.2) is 0 Å². The zero-order chi connectivity index (χ0) is 12.0. The minimum atomic E-state index is 0.453. The summed E-state index contributed by atoms with van der Waals surface area (Å²) in [5.41, 5.74) is 0.453. The number of hydrogen-bond acceptors (Lipinski definition) is 4. The molecule has 16 heavy (non-hydrogen) atoms. The maximum absolute atomic E-state index is 10.9. The average Bonchev–Trinajstić information content (AvgIpc) is 2.48. The Morgan fingerprint density at radius 3 is 2.56 bits per heavy atom. The fraction of sp³-hybridized carbons (Fsp3) is 0.417. The molecule has 4 nitrogen and oxygen atoms in total. The first kappa shape index (κ1) is 12.4. The van der Waals surface area contributed by atoms with Gasteiger partial charge in [-0.3, -0.25) is 4.79 Å². The van der Waals surface area contributed by atoms with Crippen LogP contribution in [-0.4, -0.2) is 27.1 Å². The zero-order valence-electron chi connectivity index (χ0n) is 9.78. The summed E-state index contributed by atoms with van der Waals surface area (Å²) >= 11 is 0. The Kier molecular flexibility index (Phi) is 4.64. The van der Waals surface area contributed by atoms with E-state index in [-0.39, 0.29) is 0 Å². The van der Waals surface area contributed by atoms with E-state index in [2.05, 4.69) is 0 Å². The number of carbonyl (C=O) groups is 1. The third kappa shape index (κ3) is 2.66. The van der Waals surface area contributed by atoms with Crippen molar-refractivity contribution in [3.8, 4) is 0 Å². The van der Waals surface area contributed by atoms with E-state index in [1.165, 1.54) is 7.11 Å². The highest BCUT2D eigenvalue weighted by molar-refractivity contribution is 5.80. The molecule has 1 aliphatic rings. The molecule has 0 aromatic rings. The molecule has 0 radical (unpaired) electrons. The Balaban J connectivity index is 3.09. The van der Waals surface area contributed by atoms with Crippen molar-refractivity contribution in [2.45, 2.75) is 13.3 Å². The first-order valence-electron chi connectivity index (χ1n) is 5.07. The van der Waals surface area contributed by atoms with Crippen LogP contribution in [0.25, 0.3) is 0 Å². The van der Waals surface area contributed by atoms with Gasteiger partial charge in [0.2, 0.25) is 0 Å². The largest absolute Gasteiger partial charge is 0.498 e. The van der Waals surface area contributed by atoms with E-state index >= 15 is 0 Å². The second-order valence-electron chi connectivity index (χ2n) is 3.14. The topological polar surface area (TPSA) is 44.8 Å². The van der Waals surface area contributed by atoms with E-state index < -0.39 is 0 Å². The molecule has 0 N–H and O–H groups in total. The lowest BCUT2D eigenvalue weighted by atomic mass is 10.2. The Hall–Kier alpha value is -1.71. The van der Waals surface area contributed by atoms with E-state index in [0.717, 1.165) is 12.0 Å². The second kappa shape index (κ2) is 6.00. The normalized spacial score (nSPS) is 15.9. The molecule has 0 saturated carbocycles. The van der Waals surface area contributed by atoms with Crippen LogP contribution in [0.15, 0.2) is 35.0 Å². The average molecular weight is 224 g/mol. The third-order valence-electron chi connectivity index (χ3n) is 2.21. The third-order valence-corrected chi connectivity index (χ3v) is 2.21. The molecule has 0 unspecified atom stereocenters. The molecule has 0 saturated heterocycles. The Morgan fingerprint density at radius 2 is 2.06 bits per heavy atom. The molecular weight excluding hydrogens is 208 g/mol. The number of allylic oxidation sites excluding steroid dienone is 3. The lowest BCUT2D eigenvalue weighted by molar-refractivity contribution is -0.105. The Morgan fingerprint density at radius 1 is 1.31 bits per heavy atom. The molecule has 1 rings (SSSR count). The Labute approximate surface area is 95.2 Å². The van der Waals surface area contributed by atoms with Crippen molar-refractivity contribution in [1.29, 1.82) is 0 Å². The van der Waals surface area contributed by atoms with Crippen LogP contribution in [0.4, 0.5) is 0 Å². The van der Waals surface area contributed by atoms with Gasteiger partial charge in [-0.2, -0.15) is 0 Å². The number of ether oxygens (including phenoxy) is 3. The van der Waals surface area contributed by atoms with Crippen molar-refractivity contribution in [3.05, 3.63) is 35.0 Å². The van der Waals surface area contributed by atoms with Crippen molar-refractivity contribution < 1.29 is 19.0 Å². The maximum Gasteiger partial charge on any atom is 0.167 e.